The van der Waals surface area contributed by atoms with Crippen molar-refractivity contribution in [1.82, 2.24) is 4.98 Å². The van der Waals surface area contributed by atoms with E-state index in [0.717, 1.165) is 59.8 Å². The summed E-state index contributed by atoms with van der Waals surface area (Å²) in [5.74, 6) is 0. The lowest BCUT2D eigenvalue weighted by atomic mass is 10.00. The summed E-state index contributed by atoms with van der Waals surface area (Å²) < 4.78 is 7.48. The summed E-state index contributed by atoms with van der Waals surface area (Å²) in [6, 6.07) is 59.7. The van der Waals surface area contributed by atoms with Gasteiger partial charge in [-0.05, 0) is 64.7 Å². The van der Waals surface area contributed by atoms with E-state index in [4.69, 9.17) is 9.40 Å². The Morgan fingerprint density at radius 2 is 1.02 bits per heavy atom. The highest BCUT2D eigenvalue weighted by molar-refractivity contribution is 7.22. The molecule has 0 spiro atoms. The van der Waals surface area contributed by atoms with Crippen LogP contribution in [0.2, 0.25) is 0 Å². The van der Waals surface area contributed by atoms with Gasteiger partial charge < -0.3 is 9.32 Å². The van der Waals surface area contributed by atoms with Crippen LogP contribution in [0.3, 0.4) is 0 Å². The molecule has 0 bridgehead atoms. The third-order valence-electron chi connectivity index (χ3n) is 8.73. The predicted molar refractivity (Wildman–Crippen MR) is 198 cm³/mol. The Kier molecular flexibility index (Phi) is 6.65. The molecule has 2 heterocycles. The van der Waals surface area contributed by atoms with Gasteiger partial charge in [0.05, 0.1) is 15.9 Å². The fourth-order valence-electron chi connectivity index (χ4n) is 6.38. The maximum atomic E-state index is 6.35. The lowest BCUT2D eigenvalue weighted by Gasteiger charge is -2.26. The Labute approximate surface area is 276 Å². The number of hydrogen-bond donors (Lipinski definition) is 0. The fraction of sp³-hybridized carbons (Fsp3) is 0. The van der Waals surface area contributed by atoms with E-state index in [1.165, 1.54) is 22.3 Å². The quantitative estimate of drug-likeness (QED) is 0.185. The molecule has 9 rings (SSSR count). The van der Waals surface area contributed by atoms with Crippen molar-refractivity contribution in [3.8, 4) is 32.8 Å². The molecule has 0 unspecified atom stereocenters. The summed E-state index contributed by atoms with van der Waals surface area (Å²) in [5.41, 5.74) is 11.8. The first-order chi connectivity index (χ1) is 23.3. The van der Waals surface area contributed by atoms with E-state index in [-0.39, 0.29) is 0 Å². The van der Waals surface area contributed by atoms with Gasteiger partial charge in [0, 0.05) is 33.8 Å². The van der Waals surface area contributed by atoms with Gasteiger partial charge in [-0.2, -0.15) is 0 Å². The number of aromatic nitrogens is 1. The van der Waals surface area contributed by atoms with Crippen LogP contribution in [0, 0.1) is 0 Å². The van der Waals surface area contributed by atoms with Crippen LogP contribution < -0.4 is 4.90 Å². The van der Waals surface area contributed by atoms with E-state index in [2.05, 4.69) is 157 Å². The molecule has 0 saturated heterocycles. The van der Waals surface area contributed by atoms with Crippen LogP contribution >= 0.6 is 11.3 Å². The van der Waals surface area contributed by atoms with Crippen LogP contribution in [-0.4, -0.2) is 4.98 Å². The molecule has 4 heteroatoms. The van der Waals surface area contributed by atoms with E-state index in [1.807, 2.05) is 18.2 Å². The molecule has 0 radical (unpaired) electrons. The Morgan fingerprint density at radius 1 is 0.447 bits per heavy atom. The van der Waals surface area contributed by atoms with Crippen molar-refractivity contribution in [3.05, 3.63) is 170 Å². The molecule has 222 valence electrons. The smallest absolute Gasteiger partial charge is 0.137 e. The number of hydrogen-bond acceptors (Lipinski definition) is 4. The Balaban J connectivity index is 1.16. The monoisotopic (exact) mass is 620 g/mol. The van der Waals surface area contributed by atoms with E-state index < -0.39 is 0 Å². The number of benzene rings is 7. The predicted octanol–water partition coefficient (Wildman–Crippen LogP) is 12.7. The molecular formula is C43H28N2OS. The van der Waals surface area contributed by atoms with E-state index >= 15 is 0 Å². The largest absolute Gasteiger partial charge is 0.456 e. The summed E-state index contributed by atoms with van der Waals surface area (Å²) in [7, 11) is 0. The molecule has 0 fully saturated rings. The second-order valence-corrected chi connectivity index (χ2v) is 12.6. The number of para-hydroxylation sites is 1. The van der Waals surface area contributed by atoms with Crippen molar-refractivity contribution in [1.29, 1.82) is 0 Å². The number of nitrogens with zero attached hydrogens (tertiary/aromatic N) is 2. The maximum absolute atomic E-state index is 6.35. The minimum atomic E-state index is 0.866. The Morgan fingerprint density at radius 3 is 1.74 bits per heavy atom. The summed E-state index contributed by atoms with van der Waals surface area (Å²) >= 11 is 1.73. The van der Waals surface area contributed by atoms with Crippen LogP contribution in [0.1, 0.15) is 0 Å². The molecular weight excluding hydrogens is 593 g/mol. The second kappa shape index (κ2) is 11.4. The summed E-state index contributed by atoms with van der Waals surface area (Å²) in [6.45, 7) is 0. The summed E-state index contributed by atoms with van der Waals surface area (Å²) in [5, 5.41) is 3.25. The van der Waals surface area contributed by atoms with Crippen molar-refractivity contribution < 1.29 is 4.42 Å². The molecule has 0 aliphatic carbocycles. The SMILES string of the molecule is c1ccc(-c2ccc(-c3ccc(N(c4ccc5c(c4)oc4ccccc45)c4cccc5nc(-c6ccccc6)sc45)cc3)cc2)cc1. The molecule has 3 nitrogen and oxygen atoms in total. The van der Waals surface area contributed by atoms with Crippen LogP contribution in [0.5, 0.6) is 0 Å². The Hall–Kier alpha value is -5.97. The second-order valence-electron chi connectivity index (χ2n) is 11.6. The number of fused-ring (bicyclic) bond motifs is 4. The van der Waals surface area contributed by atoms with Gasteiger partial charge in [0.25, 0.3) is 0 Å². The topological polar surface area (TPSA) is 29.3 Å². The standard InChI is InChI=1S/C43H28N2OS/c1-3-10-29(11-4-1)30-18-20-31(21-19-30)32-22-24-34(25-23-32)45(35-26-27-37-36-14-7-8-17-40(36)46-41(37)28-35)39-16-9-15-38-42(39)47-43(44-38)33-12-5-2-6-13-33/h1-28H. The summed E-state index contributed by atoms with van der Waals surface area (Å²) in [6.07, 6.45) is 0. The third kappa shape index (κ3) is 4.96. The van der Waals surface area contributed by atoms with Crippen molar-refractivity contribution >= 4 is 60.6 Å². The first kappa shape index (κ1) is 27.3. The van der Waals surface area contributed by atoms with E-state index in [0.29, 0.717) is 0 Å². The average Bonchev–Trinajstić information content (AvgIpc) is 3.75. The molecule has 47 heavy (non-hydrogen) atoms. The molecule has 9 aromatic rings. The number of thiazole rings is 1. The fourth-order valence-corrected chi connectivity index (χ4v) is 7.46. The van der Waals surface area contributed by atoms with Crippen LogP contribution in [-0.2, 0) is 0 Å². The lowest BCUT2D eigenvalue weighted by molar-refractivity contribution is 0.669. The molecule has 0 aliphatic heterocycles. The Bertz CT molecular complexity index is 2500. The van der Waals surface area contributed by atoms with Crippen LogP contribution in [0.15, 0.2) is 174 Å². The van der Waals surface area contributed by atoms with E-state index in [1.54, 1.807) is 11.3 Å². The minimum Gasteiger partial charge on any atom is -0.456 e. The highest BCUT2D eigenvalue weighted by Crippen LogP contribution is 2.44. The minimum absolute atomic E-state index is 0.866. The van der Waals surface area contributed by atoms with E-state index in [9.17, 15) is 0 Å². The van der Waals surface area contributed by atoms with Gasteiger partial charge in [0.1, 0.15) is 16.2 Å². The first-order valence-electron chi connectivity index (χ1n) is 15.7. The van der Waals surface area contributed by atoms with Gasteiger partial charge in [-0.25, -0.2) is 4.98 Å². The third-order valence-corrected chi connectivity index (χ3v) is 9.87. The van der Waals surface area contributed by atoms with Gasteiger partial charge in [-0.15, -0.1) is 11.3 Å². The first-order valence-corrected chi connectivity index (χ1v) is 16.5. The van der Waals surface area contributed by atoms with Crippen molar-refractivity contribution in [2.75, 3.05) is 4.90 Å². The van der Waals surface area contributed by atoms with Gasteiger partial charge in [0.2, 0.25) is 0 Å². The molecule has 2 aromatic heterocycles. The highest BCUT2D eigenvalue weighted by Gasteiger charge is 2.20. The molecule has 0 saturated carbocycles. The van der Waals surface area contributed by atoms with Crippen molar-refractivity contribution in [3.63, 3.8) is 0 Å². The normalized spacial score (nSPS) is 11.4. The summed E-state index contributed by atoms with van der Waals surface area (Å²) in [4.78, 5) is 7.37. The zero-order chi connectivity index (χ0) is 31.2. The van der Waals surface area contributed by atoms with Gasteiger partial charge in [-0.1, -0.05) is 121 Å². The lowest BCUT2D eigenvalue weighted by Crippen LogP contribution is -2.10. The number of furan rings is 1. The van der Waals surface area contributed by atoms with Gasteiger partial charge in [-0.3, -0.25) is 0 Å². The van der Waals surface area contributed by atoms with Crippen molar-refractivity contribution in [2.45, 2.75) is 0 Å². The van der Waals surface area contributed by atoms with Gasteiger partial charge in [0.15, 0.2) is 0 Å². The van der Waals surface area contributed by atoms with Crippen LogP contribution in [0.25, 0.3) is 65.0 Å². The average molecular weight is 621 g/mol. The number of anilines is 3. The molecule has 0 atom stereocenters. The maximum Gasteiger partial charge on any atom is 0.137 e. The van der Waals surface area contributed by atoms with Crippen molar-refractivity contribution in [2.24, 2.45) is 0 Å². The van der Waals surface area contributed by atoms with Crippen LogP contribution in [0.4, 0.5) is 17.1 Å². The van der Waals surface area contributed by atoms with Gasteiger partial charge >= 0.3 is 0 Å². The molecule has 0 aliphatic rings. The number of rotatable bonds is 6. The highest BCUT2D eigenvalue weighted by atomic mass is 32.1. The molecule has 7 aromatic carbocycles. The zero-order valence-corrected chi connectivity index (χ0v) is 26.2. The molecule has 0 N–H and O–H groups in total. The zero-order valence-electron chi connectivity index (χ0n) is 25.4. The molecule has 0 amide bonds.